The maximum atomic E-state index is 8.82. The Morgan fingerprint density at radius 2 is 2.24 bits per heavy atom. The van der Waals surface area contributed by atoms with Gasteiger partial charge in [-0.2, -0.15) is 0 Å². The highest BCUT2D eigenvalue weighted by Crippen LogP contribution is 2.28. The normalized spacial score (nSPS) is 12.5. The first-order valence-electron chi connectivity index (χ1n) is 5.95. The van der Waals surface area contributed by atoms with E-state index in [-0.39, 0.29) is 12.6 Å². The van der Waals surface area contributed by atoms with Crippen molar-refractivity contribution in [3.63, 3.8) is 0 Å². The van der Waals surface area contributed by atoms with Crippen LogP contribution in [0.4, 0.5) is 0 Å². The van der Waals surface area contributed by atoms with Gasteiger partial charge in [-0.25, -0.2) is 0 Å². The number of nitrogens with one attached hydrogen (secondary N) is 1. The van der Waals surface area contributed by atoms with Crippen molar-refractivity contribution in [1.29, 1.82) is 0 Å². The number of aliphatic hydroxyl groups excluding tert-OH is 1. The molecular weight excluding hydrogens is 282 g/mol. The van der Waals surface area contributed by atoms with Gasteiger partial charge >= 0.3 is 0 Å². The average molecular weight is 302 g/mol. The monoisotopic (exact) mass is 301 g/mol. The molecule has 1 rings (SSSR count). The molecule has 0 bridgehead atoms. The summed E-state index contributed by atoms with van der Waals surface area (Å²) >= 11 is 3.43. The van der Waals surface area contributed by atoms with Crippen molar-refractivity contribution in [1.82, 2.24) is 5.32 Å². The molecule has 0 aliphatic carbocycles. The minimum absolute atomic E-state index is 0.0305. The number of rotatable bonds is 7. The zero-order valence-corrected chi connectivity index (χ0v) is 12.0. The molecule has 4 heteroatoms. The molecule has 0 aliphatic heterocycles. The van der Waals surface area contributed by atoms with E-state index in [0.29, 0.717) is 6.61 Å². The first-order chi connectivity index (χ1) is 8.19. The topological polar surface area (TPSA) is 41.5 Å². The summed E-state index contributed by atoms with van der Waals surface area (Å²) in [7, 11) is 0. The molecule has 0 heterocycles. The van der Waals surface area contributed by atoms with Gasteiger partial charge in [0.05, 0.1) is 6.61 Å². The molecule has 1 aromatic carbocycles. The lowest BCUT2D eigenvalue weighted by Gasteiger charge is -2.18. The molecule has 1 aromatic rings. The molecule has 0 aliphatic rings. The van der Waals surface area contributed by atoms with Crippen LogP contribution >= 0.6 is 15.9 Å². The fourth-order valence-electron chi connectivity index (χ4n) is 1.62. The van der Waals surface area contributed by atoms with Crippen LogP contribution in [0.3, 0.4) is 0 Å². The third kappa shape index (κ3) is 4.66. The van der Waals surface area contributed by atoms with Crippen molar-refractivity contribution in [2.45, 2.75) is 26.3 Å². The number of hydrogen-bond donors (Lipinski definition) is 2. The Morgan fingerprint density at radius 3 is 2.88 bits per heavy atom. The molecule has 0 radical (unpaired) electrons. The zero-order valence-electron chi connectivity index (χ0n) is 10.4. The van der Waals surface area contributed by atoms with Gasteiger partial charge in [0.2, 0.25) is 0 Å². The molecule has 17 heavy (non-hydrogen) atoms. The van der Waals surface area contributed by atoms with Gasteiger partial charge in [0.1, 0.15) is 12.4 Å². The predicted octanol–water partition coefficient (Wildman–Crippen LogP) is 2.88. The second-order valence-corrected chi connectivity index (χ2v) is 4.85. The minimum Gasteiger partial charge on any atom is -0.491 e. The summed E-state index contributed by atoms with van der Waals surface area (Å²) in [6.07, 6.45) is 1.10. The fourth-order valence-corrected chi connectivity index (χ4v) is 1.96. The summed E-state index contributed by atoms with van der Waals surface area (Å²) in [5, 5.41) is 12.2. The second kappa shape index (κ2) is 7.69. The van der Waals surface area contributed by atoms with E-state index >= 15 is 0 Å². The predicted molar refractivity (Wildman–Crippen MR) is 73.4 cm³/mol. The van der Waals surface area contributed by atoms with Gasteiger partial charge in [-0.15, -0.1) is 0 Å². The number of halogens is 1. The van der Waals surface area contributed by atoms with Crippen molar-refractivity contribution < 1.29 is 9.84 Å². The second-order valence-electron chi connectivity index (χ2n) is 3.93. The van der Waals surface area contributed by atoms with Gasteiger partial charge in [0, 0.05) is 16.1 Å². The van der Waals surface area contributed by atoms with Crippen molar-refractivity contribution in [3.05, 3.63) is 28.2 Å². The van der Waals surface area contributed by atoms with Crippen LogP contribution in [0.15, 0.2) is 22.7 Å². The highest BCUT2D eigenvalue weighted by Gasteiger charge is 2.11. The molecule has 0 saturated carbocycles. The van der Waals surface area contributed by atoms with Crippen molar-refractivity contribution in [3.8, 4) is 5.75 Å². The molecule has 0 fully saturated rings. The Kier molecular flexibility index (Phi) is 6.55. The number of benzene rings is 1. The van der Waals surface area contributed by atoms with Crippen LogP contribution in [0.5, 0.6) is 5.75 Å². The minimum atomic E-state index is 0.0305. The lowest BCUT2D eigenvalue weighted by molar-refractivity contribution is 0.199. The smallest absolute Gasteiger partial charge is 0.125 e. The van der Waals surface area contributed by atoms with Crippen LogP contribution < -0.4 is 10.1 Å². The largest absolute Gasteiger partial charge is 0.491 e. The van der Waals surface area contributed by atoms with Crippen LogP contribution in [0.1, 0.15) is 31.9 Å². The summed E-state index contributed by atoms with van der Waals surface area (Å²) in [5.41, 5.74) is 1.12. The highest BCUT2D eigenvalue weighted by molar-refractivity contribution is 9.10. The third-order valence-corrected chi connectivity index (χ3v) is 2.98. The lowest BCUT2D eigenvalue weighted by atomic mass is 10.1. The van der Waals surface area contributed by atoms with Crippen LogP contribution in [-0.4, -0.2) is 24.9 Å². The first-order valence-corrected chi connectivity index (χ1v) is 6.74. The Hall–Kier alpha value is -0.580. The van der Waals surface area contributed by atoms with Crippen molar-refractivity contribution in [2.24, 2.45) is 0 Å². The maximum absolute atomic E-state index is 8.82. The van der Waals surface area contributed by atoms with Gasteiger partial charge in [-0.1, -0.05) is 28.9 Å². The van der Waals surface area contributed by atoms with Gasteiger partial charge in [-0.3, -0.25) is 0 Å². The molecule has 0 spiro atoms. The number of aliphatic hydroxyl groups is 1. The van der Waals surface area contributed by atoms with E-state index in [1.807, 2.05) is 18.2 Å². The Bertz CT molecular complexity index is 344. The standard InChI is InChI=1S/C13H20BrNO2/c1-3-6-15-10(2)12-5-4-11(14)9-13(12)17-8-7-16/h4-5,9-10,15-16H,3,6-8H2,1-2H3. The van der Waals surface area contributed by atoms with Crippen molar-refractivity contribution >= 4 is 15.9 Å². The SMILES string of the molecule is CCCNC(C)c1ccc(Br)cc1OCCO. The first kappa shape index (κ1) is 14.5. The van der Waals surface area contributed by atoms with E-state index < -0.39 is 0 Å². The molecule has 3 nitrogen and oxygen atoms in total. The van der Waals surface area contributed by atoms with Gasteiger partial charge in [0.15, 0.2) is 0 Å². The number of ether oxygens (including phenoxy) is 1. The van der Waals surface area contributed by atoms with Crippen LogP contribution in [-0.2, 0) is 0 Å². The molecule has 2 N–H and O–H groups in total. The number of hydrogen-bond acceptors (Lipinski definition) is 3. The summed E-state index contributed by atoms with van der Waals surface area (Å²) in [5.74, 6) is 0.824. The Balaban J connectivity index is 2.80. The molecule has 0 amide bonds. The summed E-state index contributed by atoms with van der Waals surface area (Å²) in [4.78, 5) is 0. The van der Waals surface area contributed by atoms with Gasteiger partial charge in [0.25, 0.3) is 0 Å². The molecule has 0 saturated heterocycles. The molecule has 1 atom stereocenters. The van der Waals surface area contributed by atoms with Crippen molar-refractivity contribution in [2.75, 3.05) is 19.8 Å². The Morgan fingerprint density at radius 1 is 1.47 bits per heavy atom. The van der Waals surface area contributed by atoms with E-state index in [9.17, 15) is 0 Å². The Labute approximate surface area is 111 Å². The summed E-state index contributed by atoms with van der Waals surface area (Å²) in [6.45, 7) is 5.60. The summed E-state index contributed by atoms with van der Waals surface area (Å²) in [6, 6.07) is 6.24. The van der Waals surface area contributed by atoms with E-state index in [2.05, 4.69) is 35.1 Å². The molecule has 0 aromatic heterocycles. The average Bonchev–Trinajstić information content (AvgIpc) is 2.33. The fraction of sp³-hybridized carbons (Fsp3) is 0.538. The van der Waals surface area contributed by atoms with E-state index in [0.717, 1.165) is 28.8 Å². The molecular formula is C13H20BrNO2. The quantitative estimate of drug-likeness (QED) is 0.814. The highest BCUT2D eigenvalue weighted by atomic mass is 79.9. The summed E-state index contributed by atoms with van der Waals surface area (Å²) < 4.78 is 6.53. The van der Waals surface area contributed by atoms with E-state index in [1.54, 1.807) is 0 Å². The van der Waals surface area contributed by atoms with E-state index in [1.165, 1.54) is 0 Å². The maximum Gasteiger partial charge on any atom is 0.125 e. The molecule has 96 valence electrons. The lowest BCUT2D eigenvalue weighted by Crippen LogP contribution is -2.20. The zero-order chi connectivity index (χ0) is 12.7. The van der Waals surface area contributed by atoms with Crippen LogP contribution in [0, 0.1) is 0 Å². The van der Waals surface area contributed by atoms with Crippen LogP contribution in [0.2, 0.25) is 0 Å². The van der Waals surface area contributed by atoms with Gasteiger partial charge in [-0.05, 0) is 32.0 Å². The van der Waals surface area contributed by atoms with E-state index in [4.69, 9.17) is 9.84 Å². The van der Waals surface area contributed by atoms with Gasteiger partial charge < -0.3 is 15.2 Å². The van der Waals surface area contributed by atoms with Crippen LogP contribution in [0.25, 0.3) is 0 Å². The third-order valence-electron chi connectivity index (χ3n) is 2.49. The molecule has 1 unspecified atom stereocenters.